The van der Waals surface area contributed by atoms with Crippen molar-refractivity contribution in [2.75, 3.05) is 7.11 Å². The third-order valence-corrected chi connectivity index (χ3v) is 3.42. The highest BCUT2D eigenvalue weighted by Gasteiger charge is 2.37. The van der Waals surface area contributed by atoms with Gasteiger partial charge < -0.3 is 4.74 Å². The number of rotatable bonds is 1. The summed E-state index contributed by atoms with van der Waals surface area (Å²) in [6.07, 6.45) is -0.204. The summed E-state index contributed by atoms with van der Waals surface area (Å²) in [5.41, 5.74) is 0.112. The monoisotopic (exact) mass is 216 g/mol. The second kappa shape index (κ2) is 4.60. The average Bonchev–Trinajstić information content (AvgIpc) is 2.27. The Balaban J connectivity index is 2.78. The van der Waals surface area contributed by atoms with Gasteiger partial charge in [0.05, 0.1) is 6.10 Å². The summed E-state index contributed by atoms with van der Waals surface area (Å²) < 4.78 is 18.7. The second-order valence-electron chi connectivity index (χ2n) is 5.48. The van der Waals surface area contributed by atoms with E-state index in [4.69, 9.17) is 4.74 Å². The average molecular weight is 216 g/mol. The van der Waals surface area contributed by atoms with Gasteiger partial charge in [-0.3, -0.25) is 4.79 Å². The van der Waals surface area contributed by atoms with Crippen molar-refractivity contribution in [3.05, 3.63) is 0 Å². The molecule has 1 fully saturated rings. The van der Waals surface area contributed by atoms with Crippen LogP contribution in [0.5, 0.6) is 0 Å². The van der Waals surface area contributed by atoms with Crippen LogP contribution in [0.2, 0.25) is 0 Å². The number of Topliss-reactive ketones (excluding diaryl/α,β-unsaturated/α-hetero) is 1. The van der Waals surface area contributed by atoms with E-state index < -0.39 is 12.3 Å². The van der Waals surface area contributed by atoms with Gasteiger partial charge in [-0.1, -0.05) is 20.8 Å². The maximum absolute atomic E-state index is 13.6. The van der Waals surface area contributed by atoms with Crippen LogP contribution >= 0.6 is 0 Å². The van der Waals surface area contributed by atoms with Crippen LogP contribution < -0.4 is 0 Å². The van der Waals surface area contributed by atoms with Crippen molar-refractivity contribution in [3.8, 4) is 0 Å². The summed E-state index contributed by atoms with van der Waals surface area (Å²) in [6.45, 7) is 6.40. The Morgan fingerprint density at radius 1 is 1.40 bits per heavy atom. The highest BCUT2D eigenvalue weighted by molar-refractivity contribution is 5.83. The first kappa shape index (κ1) is 12.6. The number of alkyl halides is 1. The topological polar surface area (TPSA) is 26.3 Å². The fraction of sp³-hybridized carbons (Fsp3) is 0.917. The summed E-state index contributed by atoms with van der Waals surface area (Å²) >= 11 is 0. The maximum atomic E-state index is 13.6. The Morgan fingerprint density at radius 3 is 2.47 bits per heavy atom. The lowest BCUT2D eigenvalue weighted by molar-refractivity contribution is -0.127. The van der Waals surface area contributed by atoms with Gasteiger partial charge in [-0.15, -0.1) is 0 Å². The second-order valence-corrected chi connectivity index (χ2v) is 5.48. The molecule has 1 rings (SSSR count). The van der Waals surface area contributed by atoms with Crippen molar-refractivity contribution in [2.24, 2.45) is 11.3 Å². The van der Waals surface area contributed by atoms with E-state index in [-0.39, 0.29) is 11.2 Å². The third kappa shape index (κ3) is 3.00. The van der Waals surface area contributed by atoms with E-state index in [1.54, 1.807) is 0 Å². The van der Waals surface area contributed by atoms with Gasteiger partial charge in [-0.05, 0) is 24.2 Å². The minimum absolute atomic E-state index is 0.112. The van der Waals surface area contributed by atoms with Crippen molar-refractivity contribution in [3.63, 3.8) is 0 Å². The lowest BCUT2D eigenvalue weighted by Gasteiger charge is -2.31. The summed E-state index contributed by atoms with van der Waals surface area (Å²) in [4.78, 5) is 11.4. The van der Waals surface area contributed by atoms with Gasteiger partial charge in [0.2, 0.25) is 0 Å². The minimum atomic E-state index is -1.43. The van der Waals surface area contributed by atoms with E-state index in [2.05, 4.69) is 20.8 Å². The Hall–Kier alpha value is -0.440. The SMILES string of the molecule is COC1CC(C(C)(C)C)CCC(=O)C1F. The molecule has 0 saturated heterocycles. The third-order valence-electron chi connectivity index (χ3n) is 3.42. The number of carbonyl (C=O) groups excluding carboxylic acids is 1. The van der Waals surface area contributed by atoms with E-state index >= 15 is 0 Å². The molecule has 0 spiro atoms. The fourth-order valence-electron chi connectivity index (χ4n) is 2.18. The Morgan fingerprint density at radius 2 is 2.00 bits per heavy atom. The van der Waals surface area contributed by atoms with Gasteiger partial charge in [-0.25, -0.2) is 4.39 Å². The zero-order chi connectivity index (χ0) is 11.6. The van der Waals surface area contributed by atoms with Crippen LogP contribution in [0.1, 0.15) is 40.0 Å². The molecule has 1 aliphatic carbocycles. The molecular formula is C12H21FO2. The zero-order valence-electron chi connectivity index (χ0n) is 10.0. The van der Waals surface area contributed by atoms with Gasteiger partial charge in [-0.2, -0.15) is 0 Å². The van der Waals surface area contributed by atoms with Crippen LogP contribution in [0.4, 0.5) is 4.39 Å². The van der Waals surface area contributed by atoms with Crippen molar-refractivity contribution >= 4 is 5.78 Å². The molecule has 0 bridgehead atoms. The predicted molar refractivity (Wildman–Crippen MR) is 57.5 cm³/mol. The summed E-state index contributed by atoms with van der Waals surface area (Å²) in [5, 5.41) is 0. The van der Waals surface area contributed by atoms with E-state index in [0.29, 0.717) is 18.8 Å². The Kier molecular flexibility index (Phi) is 3.87. The van der Waals surface area contributed by atoms with Crippen LogP contribution in [-0.4, -0.2) is 25.2 Å². The molecule has 0 amide bonds. The summed E-state index contributed by atoms with van der Waals surface area (Å²) in [6, 6.07) is 0. The molecule has 0 aromatic heterocycles. The smallest absolute Gasteiger partial charge is 0.184 e. The number of ketones is 1. The summed E-state index contributed by atoms with van der Waals surface area (Å²) in [5.74, 6) is 0.0562. The number of hydrogen-bond donors (Lipinski definition) is 0. The van der Waals surface area contributed by atoms with Gasteiger partial charge in [0.15, 0.2) is 12.0 Å². The van der Waals surface area contributed by atoms with Gasteiger partial charge >= 0.3 is 0 Å². The zero-order valence-corrected chi connectivity index (χ0v) is 10.0. The molecule has 0 N–H and O–H groups in total. The maximum Gasteiger partial charge on any atom is 0.184 e. The molecule has 3 atom stereocenters. The molecule has 0 aromatic rings. The number of methoxy groups -OCH3 is 1. The summed E-state index contributed by atoms with van der Waals surface area (Å²) in [7, 11) is 1.48. The number of halogens is 1. The fourth-order valence-corrected chi connectivity index (χ4v) is 2.18. The molecule has 0 aromatic carbocycles. The lowest BCUT2D eigenvalue weighted by atomic mass is 9.76. The first-order chi connectivity index (χ1) is 6.86. The quantitative estimate of drug-likeness (QED) is 0.630. The van der Waals surface area contributed by atoms with Crippen LogP contribution in [-0.2, 0) is 9.53 Å². The van der Waals surface area contributed by atoms with Crippen LogP contribution in [0.15, 0.2) is 0 Å². The van der Waals surface area contributed by atoms with E-state index in [1.165, 1.54) is 7.11 Å². The standard InChI is InChI=1S/C12H21FO2/c1-12(2,3)8-5-6-9(14)11(13)10(7-8)15-4/h8,10-11H,5-7H2,1-4H3. The predicted octanol–water partition coefficient (Wildman–Crippen LogP) is 2.75. The molecule has 1 saturated carbocycles. The molecule has 0 radical (unpaired) electrons. The largest absolute Gasteiger partial charge is 0.378 e. The van der Waals surface area contributed by atoms with Gasteiger partial charge in [0, 0.05) is 13.5 Å². The molecule has 0 heterocycles. The van der Waals surface area contributed by atoms with Crippen LogP contribution in [0, 0.1) is 11.3 Å². The first-order valence-electron chi connectivity index (χ1n) is 5.56. The minimum Gasteiger partial charge on any atom is -0.378 e. The van der Waals surface area contributed by atoms with Crippen LogP contribution in [0.3, 0.4) is 0 Å². The normalized spacial score (nSPS) is 33.9. The highest BCUT2D eigenvalue weighted by atomic mass is 19.1. The van der Waals surface area contributed by atoms with Crippen molar-refractivity contribution in [2.45, 2.75) is 52.3 Å². The number of carbonyl (C=O) groups is 1. The van der Waals surface area contributed by atoms with E-state index in [9.17, 15) is 9.18 Å². The molecule has 1 aliphatic rings. The van der Waals surface area contributed by atoms with E-state index in [1.807, 2.05) is 0 Å². The molecule has 15 heavy (non-hydrogen) atoms. The molecule has 88 valence electrons. The molecular weight excluding hydrogens is 195 g/mol. The van der Waals surface area contributed by atoms with Crippen molar-refractivity contribution < 1.29 is 13.9 Å². The van der Waals surface area contributed by atoms with Crippen molar-refractivity contribution in [1.29, 1.82) is 0 Å². The van der Waals surface area contributed by atoms with Crippen LogP contribution in [0.25, 0.3) is 0 Å². The number of ether oxygens (including phenoxy) is 1. The Bertz CT molecular complexity index is 232. The lowest BCUT2D eigenvalue weighted by Crippen LogP contribution is -2.32. The Labute approximate surface area is 91.2 Å². The van der Waals surface area contributed by atoms with Gasteiger partial charge in [0.1, 0.15) is 0 Å². The molecule has 0 aliphatic heterocycles. The molecule has 2 nitrogen and oxygen atoms in total. The van der Waals surface area contributed by atoms with Gasteiger partial charge in [0.25, 0.3) is 0 Å². The highest BCUT2D eigenvalue weighted by Crippen LogP contribution is 2.37. The molecule has 3 unspecified atom stereocenters. The van der Waals surface area contributed by atoms with Crippen molar-refractivity contribution in [1.82, 2.24) is 0 Å². The molecule has 3 heteroatoms. The van der Waals surface area contributed by atoms with E-state index in [0.717, 1.165) is 6.42 Å². The number of hydrogen-bond acceptors (Lipinski definition) is 2. The first-order valence-corrected chi connectivity index (χ1v) is 5.56.